The third-order valence-corrected chi connectivity index (χ3v) is 4.94. The van der Waals surface area contributed by atoms with Crippen LogP contribution in [-0.4, -0.2) is 30.2 Å². The van der Waals surface area contributed by atoms with Crippen LogP contribution >= 0.6 is 0 Å². The quantitative estimate of drug-likeness (QED) is 0.891. The third-order valence-electron chi connectivity index (χ3n) is 4.94. The molecule has 0 bridgehead atoms. The molecule has 0 spiro atoms. The maximum atomic E-state index is 13.8. The monoisotopic (exact) mass is 332 g/mol. The van der Waals surface area contributed by atoms with Gasteiger partial charge in [-0.05, 0) is 57.2 Å². The number of aliphatic hydroxyl groups excluding tert-OH is 1. The number of aliphatic hydroxyl groups is 1. The van der Waals surface area contributed by atoms with Crippen LogP contribution in [-0.2, 0) is 4.79 Å². The summed E-state index contributed by atoms with van der Waals surface area (Å²) < 4.78 is 13.8. The van der Waals surface area contributed by atoms with Crippen molar-refractivity contribution in [1.29, 1.82) is 0 Å². The van der Waals surface area contributed by atoms with Gasteiger partial charge in [-0.2, -0.15) is 0 Å². The summed E-state index contributed by atoms with van der Waals surface area (Å²) in [6, 6.07) is 4.48. The van der Waals surface area contributed by atoms with E-state index in [9.17, 15) is 14.3 Å². The normalized spacial score (nSPS) is 20.0. The molecule has 1 fully saturated rings. The lowest BCUT2D eigenvalue weighted by molar-refractivity contribution is -0.118. The first kappa shape index (κ1) is 17.0. The number of anilines is 1. The molecule has 1 aromatic carbocycles. The number of hydrogen-bond donors (Lipinski definition) is 2. The fourth-order valence-electron chi connectivity index (χ4n) is 3.51. The van der Waals surface area contributed by atoms with Gasteiger partial charge in [0.05, 0.1) is 12.1 Å². The molecule has 0 saturated carbocycles. The highest BCUT2D eigenvalue weighted by Crippen LogP contribution is 2.30. The second-order valence-corrected chi connectivity index (χ2v) is 6.74. The van der Waals surface area contributed by atoms with Gasteiger partial charge in [0, 0.05) is 29.9 Å². The summed E-state index contributed by atoms with van der Waals surface area (Å²) in [5.74, 6) is -0.351. The highest BCUT2D eigenvalue weighted by molar-refractivity contribution is 5.94. The zero-order chi connectivity index (χ0) is 17.1. The van der Waals surface area contributed by atoms with Gasteiger partial charge in [-0.15, -0.1) is 0 Å². The molecule has 0 radical (unpaired) electrons. The molecule has 3 rings (SSSR count). The Labute approximate surface area is 142 Å². The summed E-state index contributed by atoms with van der Waals surface area (Å²) in [6.45, 7) is 3.38. The first-order chi connectivity index (χ1) is 11.5. The molecule has 5 heteroatoms. The highest BCUT2D eigenvalue weighted by Gasteiger charge is 2.23. The summed E-state index contributed by atoms with van der Waals surface area (Å²) >= 11 is 0. The molecule has 1 aliphatic heterocycles. The molecule has 1 unspecified atom stereocenters. The van der Waals surface area contributed by atoms with E-state index in [1.807, 2.05) is 13.0 Å². The predicted molar refractivity (Wildman–Crippen MR) is 92.3 cm³/mol. The summed E-state index contributed by atoms with van der Waals surface area (Å²) in [4.78, 5) is 14.5. The molecule has 130 valence electrons. The van der Waals surface area contributed by atoms with E-state index in [1.165, 1.54) is 12.1 Å². The van der Waals surface area contributed by atoms with E-state index in [4.69, 9.17) is 0 Å². The second-order valence-electron chi connectivity index (χ2n) is 6.74. The van der Waals surface area contributed by atoms with Gasteiger partial charge < -0.3 is 15.3 Å². The Kier molecular flexibility index (Phi) is 5.19. The zero-order valence-corrected chi connectivity index (χ0v) is 14.1. The molecule has 1 aromatic rings. The van der Waals surface area contributed by atoms with E-state index >= 15 is 0 Å². The van der Waals surface area contributed by atoms with Gasteiger partial charge in [-0.25, -0.2) is 4.39 Å². The minimum atomic E-state index is -0.299. The first-order valence-electron chi connectivity index (χ1n) is 8.77. The second kappa shape index (κ2) is 7.34. The maximum absolute atomic E-state index is 13.8. The number of nitrogens with one attached hydrogen (secondary N) is 1. The third kappa shape index (κ3) is 3.78. The Hall–Kier alpha value is -1.88. The average Bonchev–Trinajstić information content (AvgIpc) is 3.10. The van der Waals surface area contributed by atoms with Gasteiger partial charge in [0.25, 0.3) is 0 Å². The number of carbonyl (C=O) groups is 1. The number of allylic oxidation sites excluding steroid dienone is 1. The van der Waals surface area contributed by atoms with Crippen LogP contribution in [0.4, 0.5) is 10.1 Å². The zero-order valence-electron chi connectivity index (χ0n) is 14.1. The molecule has 2 aliphatic rings. The molecule has 1 amide bonds. The largest absolute Gasteiger partial charge is 0.393 e. The summed E-state index contributed by atoms with van der Waals surface area (Å²) in [7, 11) is 0. The van der Waals surface area contributed by atoms with Gasteiger partial charge in [-0.3, -0.25) is 4.79 Å². The molecule has 1 aliphatic carbocycles. The van der Waals surface area contributed by atoms with Crippen molar-refractivity contribution in [3.8, 4) is 0 Å². The van der Waals surface area contributed by atoms with E-state index in [0.717, 1.165) is 49.2 Å². The average molecular weight is 332 g/mol. The van der Waals surface area contributed by atoms with Crippen molar-refractivity contribution in [3.63, 3.8) is 0 Å². The number of halogens is 1. The van der Waals surface area contributed by atoms with Crippen molar-refractivity contribution >= 4 is 11.6 Å². The van der Waals surface area contributed by atoms with Crippen LogP contribution in [0.15, 0.2) is 29.8 Å². The standard InChI is InChI=1S/C19H25FN2O2/c1-13(21-19(24)14-4-2-3-5-14)17-12-15(20)6-7-18(17)22-10-8-16(23)9-11-22/h4,6-7,12-13,16,23H,2-3,5,8-11H2,1H3,(H,21,24). The van der Waals surface area contributed by atoms with Crippen LogP contribution in [0.25, 0.3) is 0 Å². The SMILES string of the molecule is CC(NC(=O)C1=CCCC1)c1cc(F)ccc1N1CCC(O)CC1. The first-order valence-corrected chi connectivity index (χ1v) is 8.77. The highest BCUT2D eigenvalue weighted by atomic mass is 19.1. The topological polar surface area (TPSA) is 52.6 Å². The van der Waals surface area contributed by atoms with Gasteiger partial charge in [-0.1, -0.05) is 6.08 Å². The summed E-state index contributed by atoms with van der Waals surface area (Å²) in [5, 5.41) is 12.7. The molecule has 4 nitrogen and oxygen atoms in total. The number of rotatable bonds is 4. The maximum Gasteiger partial charge on any atom is 0.247 e. The van der Waals surface area contributed by atoms with E-state index in [0.29, 0.717) is 12.8 Å². The smallest absolute Gasteiger partial charge is 0.247 e. The Morgan fingerprint density at radius 2 is 2.12 bits per heavy atom. The van der Waals surface area contributed by atoms with Crippen LogP contribution in [0.5, 0.6) is 0 Å². The predicted octanol–water partition coefficient (Wildman–Crippen LogP) is 3.07. The molecule has 2 N–H and O–H groups in total. The van der Waals surface area contributed by atoms with E-state index in [1.54, 1.807) is 6.07 Å². The van der Waals surface area contributed by atoms with Crippen molar-refractivity contribution < 1.29 is 14.3 Å². The Bertz CT molecular complexity index is 636. The fraction of sp³-hybridized carbons (Fsp3) is 0.526. The van der Waals surface area contributed by atoms with Crippen LogP contribution in [0, 0.1) is 5.82 Å². The minimum absolute atomic E-state index is 0.0516. The van der Waals surface area contributed by atoms with Crippen LogP contribution in [0.1, 0.15) is 50.6 Å². The lowest BCUT2D eigenvalue weighted by Gasteiger charge is -2.34. The van der Waals surface area contributed by atoms with Gasteiger partial charge >= 0.3 is 0 Å². The Morgan fingerprint density at radius 1 is 1.38 bits per heavy atom. The number of amides is 1. The van der Waals surface area contributed by atoms with Gasteiger partial charge in [0.15, 0.2) is 0 Å². The van der Waals surface area contributed by atoms with E-state index in [-0.39, 0.29) is 23.9 Å². The van der Waals surface area contributed by atoms with Crippen LogP contribution in [0.2, 0.25) is 0 Å². The molecular formula is C19H25FN2O2. The van der Waals surface area contributed by atoms with Gasteiger partial charge in [0.1, 0.15) is 5.82 Å². The van der Waals surface area contributed by atoms with Crippen molar-refractivity contribution in [1.82, 2.24) is 5.32 Å². The summed E-state index contributed by atoms with van der Waals surface area (Å²) in [5.41, 5.74) is 2.57. The fourth-order valence-corrected chi connectivity index (χ4v) is 3.51. The number of piperidine rings is 1. The molecule has 1 heterocycles. The molecule has 0 aromatic heterocycles. The Morgan fingerprint density at radius 3 is 2.79 bits per heavy atom. The number of hydrogen-bond acceptors (Lipinski definition) is 3. The van der Waals surface area contributed by atoms with Crippen LogP contribution in [0.3, 0.4) is 0 Å². The lowest BCUT2D eigenvalue weighted by atomic mass is 10.0. The minimum Gasteiger partial charge on any atom is -0.393 e. The van der Waals surface area contributed by atoms with E-state index < -0.39 is 0 Å². The number of nitrogens with zero attached hydrogens (tertiary/aromatic N) is 1. The van der Waals surface area contributed by atoms with Crippen molar-refractivity contribution in [2.24, 2.45) is 0 Å². The number of benzene rings is 1. The van der Waals surface area contributed by atoms with Crippen LogP contribution < -0.4 is 10.2 Å². The van der Waals surface area contributed by atoms with Crippen molar-refractivity contribution in [3.05, 3.63) is 41.2 Å². The molecular weight excluding hydrogens is 307 g/mol. The van der Waals surface area contributed by atoms with E-state index in [2.05, 4.69) is 10.2 Å². The molecule has 1 atom stereocenters. The molecule has 1 saturated heterocycles. The summed E-state index contributed by atoms with van der Waals surface area (Å²) in [6.07, 6.45) is 5.96. The van der Waals surface area contributed by atoms with Crippen molar-refractivity contribution in [2.45, 2.75) is 51.2 Å². The lowest BCUT2D eigenvalue weighted by Crippen LogP contribution is -2.37. The van der Waals surface area contributed by atoms with Crippen molar-refractivity contribution in [2.75, 3.05) is 18.0 Å². The Balaban J connectivity index is 1.78. The number of carbonyl (C=O) groups excluding carboxylic acids is 1. The van der Waals surface area contributed by atoms with Gasteiger partial charge in [0.2, 0.25) is 5.91 Å². The molecule has 24 heavy (non-hydrogen) atoms.